The number of carbonyl (C=O) groups is 2. The summed E-state index contributed by atoms with van der Waals surface area (Å²) in [7, 11) is 1.69. The van der Waals surface area contributed by atoms with E-state index in [1.807, 2.05) is 35.4 Å². The Bertz CT molecular complexity index is 1020. The van der Waals surface area contributed by atoms with Crippen molar-refractivity contribution in [3.05, 3.63) is 65.8 Å². The van der Waals surface area contributed by atoms with E-state index in [9.17, 15) is 9.59 Å². The van der Waals surface area contributed by atoms with Crippen LogP contribution in [0, 0.1) is 5.41 Å². The molecule has 1 aliphatic heterocycles. The largest absolute Gasteiger partial charge is 0.359 e. The first-order chi connectivity index (χ1) is 15.1. The fourth-order valence-corrected chi connectivity index (χ4v) is 5.32. The summed E-state index contributed by atoms with van der Waals surface area (Å²) in [6.07, 6.45) is 6.17. The molecule has 162 valence electrons. The SMILES string of the molecule is CNC(=O)[C@]1(Cc2ccccc2-c2cccs2)CCCN(C(=O)CCn2cccn2)C1. The second kappa shape index (κ2) is 9.47. The van der Waals surface area contributed by atoms with Crippen LogP contribution in [0.5, 0.6) is 0 Å². The van der Waals surface area contributed by atoms with Crippen LogP contribution in [-0.2, 0) is 22.6 Å². The van der Waals surface area contributed by atoms with Gasteiger partial charge in [-0.05, 0) is 47.9 Å². The van der Waals surface area contributed by atoms with Gasteiger partial charge in [0.05, 0.1) is 5.41 Å². The summed E-state index contributed by atoms with van der Waals surface area (Å²) >= 11 is 1.70. The molecule has 2 amide bonds. The normalized spacial score (nSPS) is 18.7. The van der Waals surface area contributed by atoms with E-state index < -0.39 is 5.41 Å². The average molecular weight is 437 g/mol. The van der Waals surface area contributed by atoms with Gasteiger partial charge < -0.3 is 10.2 Å². The number of nitrogens with one attached hydrogen (secondary N) is 1. The van der Waals surface area contributed by atoms with Crippen LogP contribution in [0.25, 0.3) is 10.4 Å². The van der Waals surface area contributed by atoms with Gasteiger partial charge in [-0.1, -0.05) is 30.3 Å². The van der Waals surface area contributed by atoms with Crippen molar-refractivity contribution in [1.82, 2.24) is 20.0 Å². The number of nitrogens with zero attached hydrogens (tertiary/aromatic N) is 3. The van der Waals surface area contributed by atoms with E-state index in [4.69, 9.17) is 0 Å². The first kappa shape index (κ1) is 21.3. The molecule has 1 saturated heterocycles. The van der Waals surface area contributed by atoms with Crippen LogP contribution in [-0.4, -0.2) is 46.6 Å². The maximum absolute atomic E-state index is 13.1. The molecule has 0 saturated carbocycles. The van der Waals surface area contributed by atoms with Gasteiger partial charge in [-0.25, -0.2) is 0 Å². The fraction of sp³-hybridized carbons (Fsp3) is 0.375. The predicted molar refractivity (Wildman–Crippen MR) is 123 cm³/mol. The Morgan fingerprint density at radius 2 is 2.06 bits per heavy atom. The van der Waals surface area contributed by atoms with Gasteiger partial charge in [0.15, 0.2) is 0 Å². The van der Waals surface area contributed by atoms with Crippen LogP contribution >= 0.6 is 11.3 Å². The van der Waals surface area contributed by atoms with Crippen molar-refractivity contribution in [1.29, 1.82) is 0 Å². The molecule has 2 aromatic heterocycles. The highest BCUT2D eigenvalue weighted by Crippen LogP contribution is 2.38. The first-order valence-electron chi connectivity index (χ1n) is 10.7. The number of thiophene rings is 1. The summed E-state index contributed by atoms with van der Waals surface area (Å²) < 4.78 is 1.77. The molecule has 1 fully saturated rings. The van der Waals surface area contributed by atoms with Gasteiger partial charge in [-0.15, -0.1) is 11.3 Å². The monoisotopic (exact) mass is 436 g/mol. The number of hydrogen-bond acceptors (Lipinski definition) is 4. The number of piperidine rings is 1. The third-order valence-corrected chi connectivity index (χ3v) is 6.99. The summed E-state index contributed by atoms with van der Waals surface area (Å²) in [6.45, 7) is 1.70. The molecule has 0 radical (unpaired) electrons. The summed E-state index contributed by atoms with van der Waals surface area (Å²) in [4.78, 5) is 29.2. The van der Waals surface area contributed by atoms with Gasteiger partial charge in [0.25, 0.3) is 0 Å². The number of benzene rings is 1. The highest BCUT2D eigenvalue weighted by Gasteiger charge is 2.43. The topological polar surface area (TPSA) is 67.2 Å². The fourth-order valence-electron chi connectivity index (χ4n) is 4.53. The van der Waals surface area contributed by atoms with Gasteiger partial charge in [0, 0.05) is 50.4 Å². The maximum Gasteiger partial charge on any atom is 0.228 e. The minimum atomic E-state index is -0.623. The van der Waals surface area contributed by atoms with Crippen LogP contribution < -0.4 is 5.32 Å². The van der Waals surface area contributed by atoms with E-state index in [1.165, 1.54) is 10.4 Å². The zero-order valence-corrected chi connectivity index (χ0v) is 18.6. The Morgan fingerprint density at radius 3 is 2.81 bits per heavy atom. The van der Waals surface area contributed by atoms with Crippen LogP contribution in [0.1, 0.15) is 24.8 Å². The van der Waals surface area contributed by atoms with Crippen molar-refractivity contribution in [3.63, 3.8) is 0 Å². The van der Waals surface area contributed by atoms with E-state index in [1.54, 1.807) is 29.3 Å². The van der Waals surface area contributed by atoms with Crippen molar-refractivity contribution < 1.29 is 9.59 Å². The molecular formula is C24H28N4O2S. The number of likely N-dealkylation sites (tertiary alicyclic amines) is 1. The third-order valence-electron chi connectivity index (χ3n) is 6.09. The molecule has 0 aliphatic carbocycles. The number of amides is 2. The quantitative estimate of drug-likeness (QED) is 0.615. The molecule has 1 aliphatic rings. The van der Waals surface area contributed by atoms with Crippen molar-refractivity contribution in [2.45, 2.75) is 32.2 Å². The molecule has 1 aromatic carbocycles. The molecule has 3 aromatic rings. The lowest BCUT2D eigenvalue weighted by atomic mass is 9.73. The minimum absolute atomic E-state index is 0.0121. The minimum Gasteiger partial charge on any atom is -0.359 e. The van der Waals surface area contributed by atoms with Gasteiger partial charge in [0.2, 0.25) is 11.8 Å². The molecular weight excluding hydrogens is 408 g/mol. The molecule has 0 bridgehead atoms. The predicted octanol–water partition coefficient (Wildman–Crippen LogP) is 3.60. The Morgan fingerprint density at radius 1 is 1.19 bits per heavy atom. The molecule has 7 heteroatoms. The number of rotatable bonds is 7. The van der Waals surface area contributed by atoms with Crippen LogP contribution in [0.15, 0.2) is 60.2 Å². The summed E-state index contributed by atoms with van der Waals surface area (Å²) in [5.74, 6) is 0.0908. The summed E-state index contributed by atoms with van der Waals surface area (Å²) in [5, 5.41) is 9.12. The second-order valence-electron chi connectivity index (χ2n) is 8.11. The second-order valence-corrected chi connectivity index (χ2v) is 9.06. The average Bonchev–Trinajstić information content (AvgIpc) is 3.52. The van der Waals surface area contributed by atoms with Crippen molar-refractivity contribution in [2.75, 3.05) is 20.1 Å². The summed E-state index contributed by atoms with van der Waals surface area (Å²) in [6, 6.07) is 14.3. The molecule has 31 heavy (non-hydrogen) atoms. The van der Waals surface area contributed by atoms with E-state index in [2.05, 4.69) is 34.0 Å². The zero-order chi connectivity index (χ0) is 21.7. The Hall–Kier alpha value is -2.93. The van der Waals surface area contributed by atoms with Crippen LogP contribution in [0.2, 0.25) is 0 Å². The third kappa shape index (κ3) is 4.71. The van der Waals surface area contributed by atoms with E-state index in [-0.39, 0.29) is 11.8 Å². The number of aromatic nitrogens is 2. The number of aryl methyl sites for hydroxylation is 1. The number of hydrogen-bond donors (Lipinski definition) is 1. The lowest BCUT2D eigenvalue weighted by Crippen LogP contribution is -2.54. The Kier molecular flexibility index (Phi) is 6.51. The molecule has 4 rings (SSSR count). The van der Waals surface area contributed by atoms with Crippen molar-refractivity contribution >= 4 is 23.2 Å². The van der Waals surface area contributed by atoms with Gasteiger partial charge in [-0.3, -0.25) is 14.3 Å². The lowest BCUT2D eigenvalue weighted by molar-refractivity contribution is -0.141. The smallest absolute Gasteiger partial charge is 0.228 e. The highest BCUT2D eigenvalue weighted by atomic mass is 32.1. The Balaban J connectivity index is 1.55. The molecule has 1 N–H and O–H groups in total. The molecule has 6 nitrogen and oxygen atoms in total. The Labute approximate surface area is 186 Å². The van der Waals surface area contributed by atoms with Crippen molar-refractivity contribution in [3.8, 4) is 10.4 Å². The van der Waals surface area contributed by atoms with Gasteiger partial charge in [-0.2, -0.15) is 5.10 Å². The van der Waals surface area contributed by atoms with Crippen LogP contribution in [0.4, 0.5) is 0 Å². The van der Waals surface area contributed by atoms with Crippen LogP contribution in [0.3, 0.4) is 0 Å². The lowest BCUT2D eigenvalue weighted by Gasteiger charge is -2.42. The van der Waals surface area contributed by atoms with E-state index in [0.717, 1.165) is 18.4 Å². The standard InChI is InChI=1S/C24H28N4O2S/c1-25-23(30)24(17-19-7-2-3-8-20(19)21-9-4-16-31-21)11-5-13-27(18-24)22(29)10-15-28-14-6-12-26-28/h2-4,6-9,12,14,16H,5,10-11,13,15,17-18H2,1H3,(H,25,30)/t24-/m0/s1. The molecule has 1 atom stereocenters. The highest BCUT2D eigenvalue weighted by molar-refractivity contribution is 7.13. The maximum atomic E-state index is 13.1. The van der Waals surface area contributed by atoms with E-state index >= 15 is 0 Å². The van der Waals surface area contributed by atoms with Gasteiger partial charge >= 0.3 is 0 Å². The number of carbonyl (C=O) groups excluding carboxylic acids is 2. The summed E-state index contributed by atoms with van der Waals surface area (Å²) in [5.41, 5.74) is 1.70. The van der Waals surface area contributed by atoms with E-state index in [0.29, 0.717) is 32.5 Å². The van der Waals surface area contributed by atoms with Gasteiger partial charge in [0.1, 0.15) is 0 Å². The van der Waals surface area contributed by atoms with Crippen molar-refractivity contribution in [2.24, 2.45) is 5.41 Å². The molecule has 3 heterocycles. The molecule has 0 spiro atoms. The molecule has 0 unspecified atom stereocenters. The zero-order valence-electron chi connectivity index (χ0n) is 17.8. The first-order valence-corrected chi connectivity index (χ1v) is 11.6.